The highest BCUT2D eigenvalue weighted by molar-refractivity contribution is 7.99. The first-order valence-electron chi connectivity index (χ1n) is 5.80. The molecule has 0 aliphatic carbocycles. The van der Waals surface area contributed by atoms with Crippen LogP contribution < -0.4 is 0 Å². The molecule has 19 heavy (non-hydrogen) atoms. The molecule has 0 spiro atoms. The lowest BCUT2D eigenvalue weighted by Crippen LogP contribution is -2.31. The molecular weight excluding hydrogens is 280 g/mol. The average Bonchev–Trinajstić information content (AvgIpc) is 2.43. The predicted octanol–water partition coefficient (Wildman–Crippen LogP) is 2.48. The van der Waals surface area contributed by atoms with Gasteiger partial charge in [-0.3, -0.25) is 10.2 Å². The zero-order valence-electron chi connectivity index (χ0n) is 10.4. The van der Waals surface area contributed by atoms with E-state index in [-0.39, 0.29) is 6.42 Å². The van der Waals surface area contributed by atoms with E-state index in [4.69, 9.17) is 22.7 Å². The molecule has 1 rings (SSSR count). The second-order valence-electron chi connectivity index (χ2n) is 3.77. The SMILES string of the molecule is N=C(c1ccccc1)N(C=S)CCSCCC(=O)O. The monoisotopic (exact) mass is 296 g/mol. The second-order valence-corrected chi connectivity index (χ2v) is 5.21. The lowest BCUT2D eigenvalue weighted by molar-refractivity contribution is -0.136. The summed E-state index contributed by atoms with van der Waals surface area (Å²) in [5, 5.41) is 16.6. The Morgan fingerprint density at radius 2 is 2.05 bits per heavy atom. The van der Waals surface area contributed by atoms with Crippen molar-refractivity contribution in [1.82, 2.24) is 4.90 Å². The number of nitrogens with one attached hydrogen (secondary N) is 1. The number of carboxylic acid groups (broad SMARTS) is 1. The molecule has 1 aromatic carbocycles. The molecule has 0 heterocycles. The maximum absolute atomic E-state index is 10.4. The first-order chi connectivity index (χ1) is 9.15. The third kappa shape index (κ3) is 5.85. The van der Waals surface area contributed by atoms with Crippen LogP contribution in [0.3, 0.4) is 0 Å². The molecule has 6 heteroatoms. The van der Waals surface area contributed by atoms with Crippen LogP contribution in [0.2, 0.25) is 0 Å². The fourth-order valence-corrected chi connectivity index (χ4v) is 2.46. The third-order valence-corrected chi connectivity index (χ3v) is 3.62. The number of amidine groups is 1. The number of benzene rings is 1. The minimum absolute atomic E-state index is 0.165. The number of hydrogen-bond donors (Lipinski definition) is 2. The smallest absolute Gasteiger partial charge is 0.304 e. The molecule has 0 aliphatic heterocycles. The lowest BCUT2D eigenvalue weighted by atomic mass is 10.2. The highest BCUT2D eigenvalue weighted by Crippen LogP contribution is 2.07. The van der Waals surface area contributed by atoms with E-state index >= 15 is 0 Å². The first-order valence-corrected chi connectivity index (χ1v) is 7.43. The minimum atomic E-state index is -0.781. The summed E-state index contributed by atoms with van der Waals surface area (Å²) in [7, 11) is 0. The van der Waals surface area contributed by atoms with Crippen molar-refractivity contribution in [2.45, 2.75) is 6.42 Å². The predicted molar refractivity (Wildman–Crippen MR) is 83.2 cm³/mol. The Morgan fingerprint density at radius 3 is 2.63 bits per heavy atom. The van der Waals surface area contributed by atoms with Gasteiger partial charge < -0.3 is 10.0 Å². The topological polar surface area (TPSA) is 64.4 Å². The molecule has 0 atom stereocenters. The fourth-order valence-electron chi connectivity index (χ4n) is 1.40. The highest BCUT2D eigenvalue weighted by atomic mass is 32.2. The molecule has 0 saturated heterocycles. The molecule has 4 nitrogen and oxygen atoms in total. The Balaban J connectivity index is 2.39. The van der Waals surface area contributed by atoms with Crippen LogP contribution in [0.4, 0.5) is 0 Å². The van der Waals surface area contributed by atoms with Crippen molar-refractivity contribution in [3.8, 4) is 0 Å². The van der Waals surface area contributed by atoms with E-state index in [9.17, 15) is 4.79 Å². The van der Waals surface area contributed by atoms with Gasteiger partial charge in [-0.25, -0.2) is 0 Å². The van der Waals surface area contributed by atoms with Crippen molar-refractivity contribution < 1.29 is 9.90 Å². The van der Waals surface area contributed by atoms with Crippen LogP contribution in [0.1, 0.15) is 12.0 Å². The molecule has 0 saturated carbocycles. The summed E-state index contributed by atoms with van der Waals surface area (Å²) in [5.74, 6) is 0.917. The standard InChI is InChI=1S/C13H16N2O2S2/c14-13(11-4-2-1-3-5-11)15(10-18)7-9-19-8-6-12(16)17/h1-5,10,14H,6-9H2,(H,16,17). The summed E-state index contributed by atoms with van der Waals surface area (Å²) >= 11 is 6.48. The Labute approximate surface area is 122 Å². The molecule has 0 radical (unpaired) electrons. The van der Waals surface area contributed by atoms with Crippen molar-refractivity contribution in [2.24, 2.45) is 0 Å². The Kier molecular flexibility index (Phi) is 7.14. The number of thioether (sulfide) groups is 1. The van der Waals surface area contributed by atoms with Gasteiger partial charge in [0.15, 0.2) is 0 Å². The van der Waals surface area contributed by atoms with E-state index in [0.717, 1.165) is 11.3 Å². The number of rotatable bonds is 8. The summed E-state index contributed by atoms with van der Waals surface area (Å²) in [4.78, 5) is 12.1. The van der Waals surface area contributed by atoms with Gasteiger partial charge in [-0.05, 0) is 0 Å². The molecule has 0 bridgehead atoms. The van der Waals surface area contributed by atoms with Gasteiger partial charge in [0.1, 0.15) is 5.84 Å². The molecule has 0 aromatic heterocycles. The summed E-state index contributed by atoms with van der Waals surface area (Å²) in [6, 6.07) is 9.40. The number of carboxylic acids is 1. The Hall–Kier alpha value is -1.40. The van der Waals surface area contributed by atoms with Gasteiger partial charge in [0.05, 0.1) is 11.9 Å². The fraction of sp³-hybridized carbons (Fsp3) is 0.308. The van der Waals surface area contributed by atoms with Crippen LogP contribution in [0, 0.1) is 5.41 Å². The third-order valence-electron chi connectivity index (χ3n) is 2.40. The zero-order valence-corrected chi connectivity index (χ0v) is 12.0. The largest absolute Gasteiger partial charge is 0.481 e. The van der Waals surface area contributed by atoms with E-state index in [0.29, 0.717) is 18.1 Å². The van der Waals surface area contributed by atoms with Gasteiger partial charge in [0.2, 0.25) is 0 Å². The Morgan fingerprint density at radius 1 is 1.37 bits per heavy atom. The highest BCUT2D eigenvalue weighted by Gasteiger charge is 2.08. The van der Waals surface area contributed by atoms with E-state index < -0.39 is 5.97 Å². The lowest BCUT2D eigenvalue weighted by Gasteiger charge is -2.19. The van der Waals surface area contributed by atoms with Crippen molar-refractivity contribution in [2.75, 3.05) is 18.1 Å². The summed E-state index contributed by atoms with van der Waals surface area (Å²) in [6.07, 6.45) is 0.165. The molecule has 0 amide bonds. The van der Waals surface area contributed by atoms with Crippen molar-refractivity contribution in [3.63, 3.8) is 0 Å². The minimum Gasteiger partial charge on any atom is -0.481 e. The summed E-state index contributed by atoms with van der Waals surface area (Å²) < 4.78 is 0. The number of nitrogens with zero attached hydrogens (tertiary/aromatic N) is 1. The molecule has 1 aromatic rings. The van der Waals surface area contributed by atoms with E-state index in [2.05, 4.69) is 0 Å². The van der Waals surface area contributed by atoms with Gasteiger partial charge in [-0.1, -0.05) is 42.5 Å². The van der Waals surface area contributed by atoms with Crippen LogP contribution >= 0.6 is 24.0 Å². The molecule has 0 unspecified atom stereocenters. The van der Waals surface area contributed by atoms with Gasteiger partial charge in [0, 0.05) is 23.6 Å². The van der Waals surface area contributed by atoms with Gasteiger partial charge in [-0.2, -0.15) is 11.8 Å². The van der Waals surface area contributed by atoms with Gasteiger partial charge in [-0.15, -0.1) is 0 Å². The van der Waals surface area contributed by atoms with E-state index in [1.54, 1.807) is 16.7 Å². The molecule has 0 aliphatic rings. The number of aliphatic carboxylic acids is 1. The molecule has 0 fully saturated rings. The van der Waals surface area contributed by atoms with Crippen LogP contribution in [0.5, 0.6) is 0 Å². The molecule has 2 N–H and O–H groups in total. The number of thiocarbonyl (C=S) groups is 1. The van der Waals surface area contributed by atoms with Crippen LogP contribution in [-0.4, -0.2) is 45.4 Å². The van der Waals surface area contributed by atoms with Crippen LogP contribution in [-0.2, 0) is 4.79 Å². The van der Waals surface area contributed by atoms with E-state index in [1.807, 2.05) is 30.3 Å². The second kappa shape index (κ2) is 8.66. The maximum atomic E-state index is 10.4. The number of carbonyl (C=O) groups is 1. The van der Waals surface area contributed by atoms with Crippen LogP contribution in [0.15, 0.2) is 30.3 Å². The van der Waals surface area contributed by atoms with Crippen molar-refractivity contribution in [3.05, 3.63) is 35.9 Å². The van der Waals surface area contributed by atoms with Crippen LogP contribution in [0.25, 0.3) is 0 Å². The number of hydrogen-bond acceptors (Lipinski definition) is 4. The maximum Gasteiger partial charge on any atom is 0.304 e. The summed E-state index contributed by atoms with van der Waals surface area (Å²) in [5.41, 5.74) is 2.28. The van der Waals surface area contributed by atoms with Gasteiger partial charge >= 0.3 is 5.97 Å². The van der Waals surface area contributed by atoms with E-state index in [1.165, 1.54) is 5.49 Å². The molecule has 102 valence electrons. The quantitative estimate of drug-likeness (QED) is 0.334. The van der Waals surface area contributed by atoms with Crippen molar-refractivity contribution >= 4 is 41.3 Å². The zero-order chi connectivity index (χ0) is 14.1. The van der Waals surface area contributed by atoms with Gasteiger partial charge in [0.25, 0.3) is 0 Å². The average molecular weight is 296 g/mol. The van der Waals surface area contributed by atoms with Crippen molar-refractivity contribution in [1.29, 1.82) is 5.41 Å². The summed E-state index contributed by atoms with van der Waals surface area (Å²) in [6.45, 7) is 0.613. The Bertz CT molecular complexity index is 438. The first kappa shape index (κ1) is 15.7. The normalized spacial score (nSPS) is 9.89. The molecular formula is C13H16N2O2S2.